The molecule has 2 aliphatic rings. The first kappa shape index (κ1) is 10.4. The first-order chi connectivity index (χ1) is 6.79. The van der Waals surface area contributed by atoms with E-state index in [1.807, 2.05) is 0 Å². The van der Waals surface area contributed by atoms with Gasteiger partial charge in [-0.2, -0.15) is 0 Å². The van der Waals surface area contributed by atoms with E-state index in [2.05, 4.69) is 4.90 Å². The number of ether oxygens (including phenoxy) is 1. The summed E-state index contributed by atoms with van der Waals surface area (Å²) in [6.45, 7) is 4.38. The molecule has 0 aromatic carbocycles. The lowest BCUT2D eigenvalue weighted by atomic mass is 10.0. The number of hydrogen-bond donors (Lipinski definition) is 1. The summed E-state index contributed by atoms with van der Waals surface area (Å²) in [6.07, 6.45) is 6.09. The summed E-state index contributed by atoms with van der Waals surface area (Å²) >= 11 is 0. The Bertz CT molecular complexity index is 170. The topological polar surface area (TPSA) is 32.7 Å². The molecule has 0 amide bonds. The van der Waals surface area contributed by atoms with Crippen molar-refractivity contribution in [3.05, 3.63) is 0 Å². The molecule has 1 N–H and O–H groups in total. The minimum Gasteiger partial charge on any atom is -0.386 e. The Labute approximate surface area is 86.0 Å². The van der Waals surface area contributed by atoms with Crippen molar-refractivity contribution in [3.63, 3.8) is 0 Å². The Morgan fingerprint density at radius 3 is 2.43 bits per heavy atom. The third-order valence-electron chi connectivity index (χ3n) is 3.30. The first-order valence-electron chi connectivity index (χ1n) is 5.81. The van der Waals surface area contributed by atoms with Gasteiger partial charge in [-0.05, 0) is 25.9 Å². The highest BCUT2D eigenvalue weighted by Gasteiger charge is 2.34. The predicted molar refractivity (Wildman–Crippen MR) is 55.3 cm³/mol. The quantitative estimate of drug-likeness (QED) is 0.720. The third-order valence-corrected chi connectivity index (χ3v) is 3.30. The molecule has 1 atom stereocenters. The summed E-state index contributed by atoms with van der Waals surface area (Å²) in [4.78, 5) is 2.40. The van der Waals surface area contributed by atoms with Crippen molar-refractivity contribution >= 4 is 0 Å². The van der Waals surface area contributed by atoms with E-state index in [4.69, 9.17) is 4.74 Å². The molecule has 0 radical (unpaired) electrons. The van der Waals surface area contributed by atoms with Crippen LogP contribution in [0, 0.1) is 0 Å². The van der Waals surface area contributed by atoms with E-state index >= 15 is 0 Å². The van der Waals surface area contributed by atoms with Crippen LogP contribution in [0.5, 0.6) is 0 Å². The maximum Gasteiger partial charge on any atom is 0.103 e. The normalized spacial score (nSPS) is 35.8. The van der Waals surface area contributed by atoms with Crippen molar-refractivity contribution < 1.29 is 9.84 Å². The summed E-state index contributed by atoms with van der Waals surface area (Å²) in [5, 5.41) is 10.2. The highest BCUT2D eigenvalue weighted by Crippen LogP contribution is 2.21. The van der Waals surface area contributed by atoms with E-state index in [0.29, 0.717) is 6.61 Å². The zero-order valence-corrected chi connectivity index (χ0v) is 8.87. The minimum absolute atomic E-state index is 0.531. The van der Waals surface area contributed by atoms with E-state index in [-0.39, 0.29) is 0 Å². The van der Waals surface area contributed by atoms with Crippen LogP contribution >= 0.6 is 0 Å². The molecule has 82 valence electrons. The Morgan fingerprint density at radius 2 is 1.86 bits per heavy atom. The Kier molecular flexibility index (Phi) is 3.42. The van der Waals surface area contributed by atoms with Crippen molar-refractivity contribution in [1.29, 1.82) is 0 Å². The molecule has 3 nitrogen and oxygen atoms in total. The van der Waals surface area contributed by atoms with E-state index in [9.17, 15) is 5.11 Å². The van der Waals surface area contributed by atoms with Crippen LogP contribution in [0.15, 0.2) is 0 Å². The number of β-amino-alcohol motifs (C(OH)–C–C–N with tert-alkyl or cyclic N) is 1. The zero-order valence-electron chi connectivity index (χ0n) is 8.87. The maximum absolute atomic E-state index is 10.2. The molecule has 0 saturated carbocycles. The van der Waals surface area contributed by atoms with Crippen LogP contribution in [0.1, 0.15) is 32.1 Å². The van der Waals surface area contributed by atoms with Gasteiger partial charge in [0.05, 0.1) is 6.61 Å². The van der Waals surface area contributed by atoms with Crippen molar-refractivity contribution in [2.24, 2.45) is 0 Å². The first-order valence-corrected chi connectivity index (χ1v) is 5.81. The van der Waals surface area contributed by atoms with Crippen LogP contribution in [0.3, 0.4) is 0 Å². The Hall–Kier alpha value is -0.120. The van der Waals surface area contributed by atoms with Gasteiger partial charge in [-0.3, -0.25) is 0 Å². The van der Waals surface area contributed by atoms with Crippen LogP contribution in [-0.4, -0.2) is 48.5 Å². The number of nitrogens with zero attached hydrogens (tertiary/aromatic N) is 1. The number of aliphatic hydroxyl groups is 1. The van der Waals surface area contributed by atoms with Gasteiger partial charge in [0.15, 0.2) is 0 Å². The Balaban J connectivity index is 1.82. The van der Waals surface area contributed by atoms with Gasteiger partial charge in [0.2, 0.25) is 0 Å². The molecule has 0 bridgehead atoms. The van der Waals surface area contributed by atoms with Crippen molar-refractivity contribution in [2.75, 3.05) is 32.8 Å². The molecule has 0 spiro atoms. The van der Waals surface area contributed by atoms with E-state index in [1.165, 1.54) is 25.7 Å². The fraction of sp³-hybridized carbons (Fsp3) is 1.00. The molecule has 2 rings (SSSR count). The number of rotatable bonds is 2. The second-order valence-electron chi connectivity index (χ2n) is 4.72. The lowest BCUT2D eigenvalue weighted by molar-refractivity contribution is -0.00373. The van der Waals surface area contributed by atoms with E-state index in [1.54, 1.807) is 0 Å². The molecule has 1 unspecified atom stereocenters. The van der Waals surface area contributed by atoms with Gasteiger partial charge in [0.25, 0.3) is 0 Å². The predicted octanol–water partition coefficient (Wildman–Crippen LogP) is 1.01. The third kappa shape index (κ3) is 2.69. The summed E-state index contributed by atoms with van der Waals surface area (Å²) in [5.41, 5.74) is -0.551. The lowest BCUT2D eigenvalue weighted by Gasteiger charge is -2.29. The molecule has 14 heavy (non-hydrogen) atoms. The largest absolute Gasteiger partial charge is 0.386 e. The molecule has 2 aliphatic heterocycles. The smallest absolute Gasteiger partial charge is 0.103 e. The van der Waals surface area contributed by atoms with Crippen LogP contribution in [0.2, 0.25) is 0 Å². The second-order valence-corrected chi connectivity index (χ2v) is 4.72. The van der Waals surface area contributed by atoms with Crippen LogP contribution < -0.4 is 0 Å². The van der Waals surface area contributed by atoms with Crippen LogP contribution in [0.4, 0.5) is 0 Å². The van der Waals surface area contributed by atoms with Gasteiger partial charge < -0.3 is 14.7 Å². The summed E-state index contributed by atoms with van der Waals surface area (Å²) in [6, 6.07) is 0. The molecule has 2 heterocycles. The summed E-state index contributed by atoms with van der Waals surface area (Å²) < 4.78 is 5.26. The van der Waals surface area contributed by atoms with Crippen molar-refractivity contribution in [1.82, 2.24) is 4.90 Å². The van der Waals surface area contributed by atoms with Crippen molar-refractivity contribution in [3.8, 4) is 0 Å². The fourth-order valence-corrected chi connectivity index (χ4v) is 2.43. The van der Waals surface area contributed by atoms with Crippen LogP contribution in [0.25, 0.3) is 0 Å². The lowest BCUT2D eigenvalue weighted by Crippen LogP contribution is -2.43. The van der Waals surface area contributed by atoms with E-state index < -0.39 is 5.60 Å². The van der Waals surface area contributed by atoms with Gasteiger partial charge in [0, 0.05) is 19.6 Å². The molecule has 0 aromatic heterocycles. The van der Waals surface area contributed by atoms with Crippen molar-refractivity contribution in [2.45, 2.75) is 37.7 Å². The fourth-order valence-electron chi connectivity index (χ4n) is 2.43. The summed E-state index contributed by atoms with van der Waals surface area (Å²) in [5.74, 6) is 0. The molecular weight excluding hydrogens is 178 g/mol. The highest BCUT2D eigenvalue weighted by molar-refractivity contribution is 4.86. The second kappa shape index (κ2) is 4.60. The average molecular weight is 199 g/mol. The monoisotopic (exact) mass is 199 g/mol. The minimum atomic E-state index is -0.551. The highest BCUT2D eigenvalue weighted by atomic mass is 16.5. The maximum atomic E-state index is 10.2. The average Bonchev–Trinajstić information content (AvgIpc) is 2.43. The molecule has 0 aromatic rings. The molecule has 3 heteroatoms. The summed E-state index contributed by atoms with van der Waals surface area (Å²) in [7, 11) is 0. The molecule has 2 saturated heterocycles. The number of hydrogen-bond acceptors (Lipinski definition) is 3. The zero-order chi connectivity index (χ0) is 9.86. The van der Waals surface area contributed by atoms with Gasteiger partial charge in [-0.1, -0.05) is 12.8 Å². The van der Waals surface area contributed by atoms with Crippen LogP contribution in [-0.2, 0) is 4.74 Å². The molecular formula is C11H21NO2. The Morgan fingerprint density at radius 1 is 1.14 bits per heavy atom. The van der Waals surface area contributed by atoms with Gasteiger partial charge in [0.1, 0.15) is 5.60 Å². The van der Waals surface area contributed by atoms with Gasteiger partial charge in [-0.25, -0.2) is 0 Å². The standard InChI is InChI=1S/C11H21NO2/c13-11(5-8-14-10-11)9-12-6-3-1-2-4-7-12/h13H,1-10H2. The molecule has 2 fully saturated rings. The van der Waals surface area contributed by atoms with Gasteiger partial charge in [-0.15, -0.1) is 0 Å². The van der Waals surface area contributed by atoms with Gasteiger partial charge >= 0.3 is 0 Å². The SMILES string of the molecule is OC1(CN2CCCCCC2)CCOC1. The number of likely N-dealkylation sites (tertiary alicyclic amines) is 1. The molecule has 0 aliphatic carbocycles. The van der Waals surface area contributed by atoms with E-state index in [0.717, 1.165) is 32.7 Å².